The topological polar surface area (TPSA) is 122 Å². The van der Waals surface area contributed by atoms with Gasteiger partial charge in [0.1, 0.15) is 24.7 Å². The van der Waals surface area contributed by atoms with Crippen molar-refractivity contribution >= 4 is 40.9 Å². The number of ether oxygens (including phenoxy) is 3. The highest BCUT2D eigenvalue weighted by Gasteiger charge is 2.47. The van der Waals surface area contributed by atoms with Gasteiger partial charge in [-0.3, -0.25) is 4.90 Å². The number of nitrogens with two attached hydrogens (primary N) is 1. The van der Waals surface area contributed by atoms with Gasteiger partial charge in [-0.1, -0.05) is 18.2 Å². The highest BCUT2D eigenvalue weighted by atomic mass is 35.5. The Bertz CT molecular complexity index is 1570. The fourth-order valence-corrected chi connectivity index (χ4v) is 7.38. The summed E-state index contributed by atoms with van der Waals surface area (Å²) in [5.74, 6) is 0.684. The molecule has 0 radical (unpaired) electrons. The van der Waals surface area contributed by atoms with Crippen molar-refractivity contribution in [3.8, 4) is 6.01 Å². The predicted octanol–water partition coefficient (Wildman–Crippen LogP) is 5.82. The van der Waals surface area contributed by atoms with Gasteiger partial charge >= 0.3 is 6.01 Å². The number of nitrogens with one attached hydrogen (secondary N) is 1. The van der Waals surface area contributed by atoms with E-state index in [2.05, 4.69) is 16.5 Å². The zero-order chi connectivity index (χ0) is 32.4. The summed E-state index contributed by atoms with van der Waals surface area (Å²) in [5.41, 5.74) is 9.50. The molecule has 10 nitrogen and oxygen atoms in total. The van der Waals surface area contributed by atoms with Crippen molar-refractivity contribution in [1.29, 1.82) is 5.41 Å². The zero-order valence-electron chi connectivity index (χ0n) is 26.1. The van der Waals surface area contributed by atoms with Crippen LogP contribution >= 0.6 is 11.6 Å². The molecule has 1 aromatic carbocycles. The third-order valence-electron chi connectivity index (χ3n) is 9.36. The van der Waals surface area contributed by atoms with Crippen LogP contribution in [0.1, 0.15) is 72.4 Å². The van der Waals surface area contributed by atoms with Crippen LogP contribution in [0.2, 0.25) is 5.02 Å². The summed E-state index contributed by atoms with van der Waals surface area (Å²) in [6.45, 7) is 7.16. The van der Waals surface area contributed by atoms with Crippen molar-refractivity contribution < 1.29 is 23.0 Å². The van der Waals surface area contributed by atoms with E-state index in [1.807, 2.05) is 4.90 Å². The summed E-state index contributed by atoms with van der Waals surface area (Å²) >= 11 is 6.66. The van der Waals surface area contributed by atoms with Gasteiger partial charge in [-0.15, -0.1) is 0 Å². The first-order valence-electron chi connectivity index (χ1n) is 15.7. The van der Waals surface area contributed by atoms with Crippen LogP contribution in [0.15, 0.2) is 29.5 Å². The van der Waals surface area contributed by atoms with Crippen LogP contribution in [0.4, 0.5) is 20.3 Å². The largest absolute Gasteiger partial charge is 0.480 e. The molecule has 3 N–H and O–H groups in total. The maximum absolute atomic E-state index is 15.0. The van der Waals surface area contributed by atoms with Gasteiger partial charge in [-0.25, -0.2) is 13.8 Å². The fraction of sp³-hybridized carbons (Fsp3) is 0.515. The van der Waals surface area contributed by atoms with Gasteiger partial charge in [0, 0.05) is 54.3 Å². The molecule has 1 atom stereocenters. The minimum absolute atomic E-state index is 0.0366. The normalized spacial score (nSPS) is 23.0. The number of nitrogen functional groups attached to an aromatic ring is 1. The lowest BCUT2D eigenvalue weighted by Crippen LogP contribution is -2.43. The first-order chi connectivity index (χ1) is 22.3. The molecule has 246 valence electrons. The Morgan fingerprint density at radius 3 is 2.80 bits per heavy atom. The average Bonchev–Trinajstić information content (AvgIpc) is 3.79. The summed E-state index contributed by atoms with van der Waals surface area (Å²) in [5, 5.41) is 8.58. The Balaban J connectivity index is 1.41. The summed E-state index contributed by atoms with van der Waals surface area (Å²) in [7, 11) is 1.45. The SMILES string of the molecule is C=C(N=C(OC)c1c(CF)nc(OCC23CCCN2C/C(=C/F)C3)nc1N1CCCOCC1)c1c(C=N)c(N)cc(Cl)c1C1CC1. The number of aliphatic imine (C=N–C) groups is 1. The molecule has 4 heterocycles. The second-order valence-electron chi connectivity index (χ2n) is 12.4. The monoisotopic (exact) mass is 655 g/mol. The number of alkyl halides is 1. The molecular formula is C33H40ClF2N7O3. The molecule has 1 aromatic heterocycles. The number of halogens is 3. The first kappa shape index (κ1) is 32.3. The minimum atomic E-state index is -0.935. The number of methoxy groups -OCH3 is 1. The van der Waals surface area contributed by atoms with E-state index in [-0.39, 0.29) is 46.9 Å². The average molecular weight is 656 g/mol. The molecule has 1 aliphatic carbocycles. The molecule has 3 aliphatic heterocycles. The Morgan fingerprint density at radius 1 is 1.26 bits per heavy atom. The number of nitrogens with zero attached hydrogens (tertiary/aromatic N) is 5. The Kier molecular flexibility index (Phi) is 9.58. The van der Waals surface area contributed by atoms with Crippen LogP contribution < -0.4 is 15.4 Å². The van der Waals surface area contributed by atoms with Crippen molar-refractivity contribution in [2.24, 2.45) is 4.99 Å². The lowest BCUT2D eigenvalue weighted by molar-refractivity contribution is 0.107. The molecule has 0 amide bonds. The number of aromatic nitrogens is 2. The van der Waals surface area contributed by atoms with E-state index in [9.17, 15) is 8.78 Å². The molecule has 4 fully saturated rings. The van der Waals surface area contributed by atoms with Gasteiger partial charge in [0.15, 0.2) is 0 Å². The number of benzene rings is 1. The van der Waals surface area contributed by atoms with Gasteiger partial charge in [-0.05, 0) is 68.2 Å². The third-order valence-corrected chi connectivity index (χ3v) is 9.67. The van der Waals surface area contributed by atoms with Crippen LogP contribution in [-0.4, -0.2) is 85.6 Å². The third kappa shape index (κ3) is 6.22. The number of rotatable bonds is 10. The lowest BCUT2D eigenvalue weighted by Gasteiger charge is -2.31. The van der Waals surface area contributed by atoms with Crippen LogP contribution in [-0.2, 0) is 16.1 Å². The molecule has 4 aliphatic rings. The van der Waals surface area contributed by atoms with E-state index < -0.39 is 6.67 Å². The first-order valence-corrected chi connectivity index (χ1v) is 16.1. The van der Waals surface area contributed by atoms with Crippen molar-refractivity contribution in [2.75, 3.05) is 63.7 Å². The second kappa shape index (κ2) is 13.6. The van der Waals surface area contributed by atoms with E-state index in [0.29, 0.717) is 73.3 Å². The fourth-order valence-electron chi connectivity index (χ4n) is 7.01. The molecule has 0 spiro atoms. The van der Waals surface area contributed by atoms with E-state index in [1.54, 1.807) is 6.07 Å². The molecule has 46 heavy (non-hydrogen) atoms. The van der Waals surface area contributed by atoms with E-state index in [0.717, 1.165) is 49.8 Å². The quantitative estimate of drug-likeness (QED) is 0.187. The van der Waals surface area contributed by atoms with E-state index in [4.69, 9.17) is 46.9 Å². The molecule has 1 saturated carbocycles. The zero-order valence-corrected chi connectivity index (χ0v) is 26.8. The van der Waals surface area contributed by atoms with Crippen molar-refractivity contribution in [3.05, 3.63) is 57.5 Å². The highest BCUT2D eigenvalue weighted by Crippen LogP contribution is 2.48. The highest BCUT2D eigenvalue weighted by molar-refractivity contribution is 6.32. The van der Waals surface area contributed by atoms with Gasteiger partial charge in [0.25, 0.3) is 0 Å². The Labute approximate surface area is 272 Å². The Hall–Kier alpha value is -3.61. The van der Waals surface area contributed by atoms with Gasteiger partial charge in [-0.2, -0.15) is 9.97 Å². The molecule has 3 saturated heterocycles. The van der Waals surface area contributed by atoms with Crippen LogP contribution in [0, 0.1) is 5.41 Å². The smallest absolute Gasteiger partial charge is 0.318 e. The molecule has 6 rings (SSSR count). The van der Waals surface area contributed by atoms with Crippen molar-refractivity contribution in [1.82, 2.24) is 14.9 Å². The number of hydrogen-bond acceptors (Lipinski definition) is 10. The summed E-state index contributed by atoms with van der Waals surface area (Å²) < 4.78 is 46.2. The second-order valence-corrected chi connectivity index (χ2v) is 12.8. The number of anilines is 2. The number of fused-ring (bicyclic) bond motifs is 1. The van der Waals surface area contributed by atoms with Crippen LogP contribution in [0.5, 0.6) is 6.01 Å². The summed E-state index contributed by atoms with van der Waals surface area (Å²) in [6, 6.07) is 1.69. The van der Waals surface area contributed by atoms with E-state index in [1.165, 1.54) is 13.3 Å². The molecular weight excluding hydrogens is 616 g/mol. The standard InChI is InChI=1S/C33H40ClF2N7O3/c1-20(27-23(17-37)25(38)13-24(34)28(27)22-5-6-22)39-31(44-2)29-26(16-36)40-32(41-30(29)42-8-4-11-45-12-10-42)46-19-33-7-3-9-43(33)18-21(14-33)15-35/h13,15,17,22,37H,1,3-12,14,16,18-19,38H2,2H3/b21-15+,37-17?,39-31?. The van der Waals surface area contributed by atoms with Gasteiger partial charge < -0.3 is 30.3 Å². The van der Waals surface area contributed by atoms with Crippen molar-refractivity contribution in [2.45, 2.75) is 56.7 Å². The maximum atomic E-state index is 15.0. The molecule has 0 bridgehead atoms. The maximum Gasteiger partial charge on any atom is 0.318 e. The molecule has 2 aromatic rings. The van der Waals surface area contributed by atoms with Crippen LogP contribution in [0.3, 0.4) is 0 Å². The molecule has 1 unspecified atom stereocenters. The number of hydrogen-bond donors (Lipinski definition) is 2. The summed E-state index contributed by atoms with van der Waals surface area (Å²) in [4.78, 5) is 18.3. The van der Waals surface area contributed by atoms with Crippen molar-refractivity contribution in [3.63, 3.8) is 0 Å². The van der Waals surface area contributed by atoms with E-state index >= 15 is 0 Å². The molecule has 13 heteroatoms. The van der Waals surface area contributed by atoms with Gasteiger partial charge in [0.05, 0.1) is 37.0 Å². The Morgan fingerprint density at radius 2 is 2.09 bits per heavy atom. The summed E-state index contributed by atoms with van der Waals surface area (Å²) in [6.07, 6.45) is 6.95. The van der Waals surface area contributed by atoms with Gasteiger partial charge in [0.2, 0.25) is 5.90 Å². The lowest BCUT2D eigenvalue weighted by atomic mass is 9.94. The van der Waals surface area contributed by atoms with Crippen LogP contribution in [0.25, 0.3) is 5.70 Å². The minimum Gasteiger partial charge on any atom is -0.480 e. The predicted molar refractivity (Wildman–Crippen MR) is 176 cm³/mol.